The van der Waals surface area contributed by atoms with E-state index in [9.17, 15) is 4.79 Å². The van der Waals surface area contributed by atoms with E-state index in [2.05, 4.69) is 0 Å². The molecule has 0 spiro atoms. The van der Waals surface area contributed by atoms with Gasteiger partial charge in [0.15, 0.2) is 17.6 Å². The van der Waals surface area contributed by atoms with Crippen LogP contribution in [0.15, 0.2) is 18.2 Å². The van der Waals surface area contributed by atoms with Crippen LogP contribution in [0, 0.1) is 0 Å². The van der Waals surface area contributed by atoms with Crippen molar-refractivity contribution in [1.82, 2.24) is 0 Å². The van der Waals surface area contributed by atoms with Gasteiger partial charge < -0.3 is 19.9 Å². The van der Waals surface area contributed by atoms with Crippen molar-refractivity contribution in [2.75, 3.05) is 13.7 Å². The zero-order valence-electron chi connectivity index (χ0n) is 13.2. The maximum atomic E-state index is 11.9. The molecule has 0 bridgehead atoms. The minimum Gasteiger partial charge on any atom is -0.493 e. The Morgan fingerprint density at radius 2 is 2.05 bits per heavy atom. The van der Waals surface area contributed by atoms with Crippen LogP contribution in [0.5, 0.6) is 11.5 Å². The number of ether oxygens (including phenoxy) is 3. The van der Waals surface area contributed by atoms with Gasteiger partial charge in [0, 0.05) is 6.04 Å². The highest BCUT2D eigenvalue weighted by atomic mass is 16.6. The van der Waals surface area contributed by atoms with Crippen molar-refractivity contribution in [3.63, 3.8) is 0 Å². The van der Waals surface area contributed by atoms with Crippen LogP contribution in [-0.4, -0.2) is 31.8 Å². The molecule has 1 aromatic carbocycles. The number of benzene rings is 1. The molecule has 0 saturated carbocycles. The summed E-state index contributed by atoms with van der Waals surface area (Å²) < 4.78 is 16.2. The normalized spacial score (nSPS) is 13.4. The quantitative estimate of drug-likeness (QED) is 0.745. The Labute approximate surface area is 126 Å². The monoisotopic (exact) mass is 295 g/mol. The van der Waals surface area contributed by atoms with E-state index in [0.717, 1.165) is 5.56 Å². The average molecular weight is 295 g/mol. The maximum Gasteiger partial charge on any atom is 0.347 e. The number of para-hydroxylation sites is 1. The molecule has 2 unspecified atom stereocenters. The van der Waals surface area contributed by atoms with Crippen LogP contribution in [0.3, 0.4) is 0 Å². The molecule has 0 amide bonds. The molecule has 0 radical (unpaired) electrons. The van der Waals surface area contributed by atoms with Gasteiger partial charge in [0.1, 0.15) is 0 Å². The van der Waals surface area contributed by atoms with E-state index in [1.165, 1.54) is 0 Å². The largest absolute Gasteiger partial charge is 0.493 e. The zero-order valence-corrected chi connectivity index (χ0v) is 13.2. The summed E-state index contributed by atoms with van der Waals surface area (Å²) in [4.78, 5) is 11.9. The summed E-state index contributed by atoms with van der Waals surface area (Å²) in [6.07, 6.45) is 0.522. The summed E-state index contributed by atoms with van der Waals surface area (Å²) in [5.41, 5.74) is 6.79. The van der Waals surface area contributed by atoms with E-state index in [4.69, 9.17) is 19.9 Å². The molecule has 118 valence electrons. The zero-order chi connectivity index (χ0) is 15.8. The van der Waals surface area contributed by atoms with Crippen LogP contribution in [0.4, 0.5) is 0 Å². The highest BCUT2D eigenvalue weighted by molar-refractivity contribution is 5.75. The van der Waals surface area contributed by atoms with Crippen molar-refractivity contribution >= 4 is 5.97 Å². The molecular formula is C16H25NO4. The number of carbonyl (C=O) groups is 1. The fourth-order valence-corrected chi connectivity index (χ4v) is 2.04. The van der Waals surface area contributed by atoms with Crippen molar-refractivity contribution < 1.29 is 19.0 Å². The number of hydrogen-bond acceptors (Lipinski definition) is 5. The highest BCUT2D eigenvalue weighted by Gasteiger charge is 2.23. The fraction of sp³-hybridized carbons (Fsp3) is 0.562. The van der Waals surface area contributed by atoms with Crippen LogP contribution in [0.1, 0.15) is 32.8 Å². The van der Waals surface area contributed by atoms with Gasteiger partial charge in [0.05, 0.1) is 13.7 Å². The summed E-state index contributed by atoms with van der Waals surface area (Å²) in [5, 5.41) is 0. The van der Waals surface area contributed by atoms with Crippen LogP contribution in [0.2, 0.25) is 0 Å². The lowest BCUT2D eigenvalue weighted by Crippen LogP contribution is -2.29. The van der Waals surface area contributed by atoms with E-state index in [0.29, 0.717) is 30.9 Å². The minimum atomic E-state index is -0.645. The second kappa shape index (κ2) is 8.52. The van der Waals surface area contributed by atoms with Crippen LogP contribution in [0.25, 0.3) is 0 Å². The Morgan fingerprint density at radius 1 is 1.33 bits per heavy atom. The van der Waals surface area contributed by atoms with E-state index in [-0.39, 0.29) is 12.0 Å². The molecule has 0 aromatic heterocycles. The van der Waals surface area contributed by atoms with Gasteiger partial charge in [-0.1, -0.05) is 19.1 Å². The second-order valence-corrected chi connectivity index (χ2v) is 4.90. The topological polar surface area (TPSA) is 70.8 Å². The van der Waals surface area contributed by atoms with Gasteiger partial charge >= 0.3 is 5.97 Å². The van der Waals surface area contributed by atoms with Gasteiger partial charge in [-0.05, 0) is 38.3 Å². The first kappa shape index (κ1) is 17.3. The number of hydrogen-bond donors (Lipinski definition) is 1. The number of esters is 1. The third-order valence-corrected chi connectivity index (χ3v) is 3.00. The smallest absolute Gasteiger partial charge is 0.347 e. The maximum absolute atomic E-state index is 11.9. The summed E-state index contributed by atoms with van der Waals surface area (Å²) >= 11 is 0. The average Bonchev–Trinajstić information content (AvgIpc) is 2.45. The molecule has 0 aliphatic heterocycles. The summed E-state index contributed by atoms with van der Waals surface area (Å²) in [5.74, 6) is 0.797. The molecule has 0 saturated heterocycles. The Bertz CT molecular complexity index is 460. The number of nitrogens with two attached hydrogens (primary N) is 1. The molecule has 1 rings (SSSR count). The van der Waals surface area contributed by atoms with E-state index in [1.54, 1.807) is 20.1 Å². The lowest BCUT2D eigenvalue weighted by atomic mass is 10.1. The molecule has 21 heavy (non-hydrogen) atoms. The Hall–Kier alpha value is -1.75. The SMILES string of the molecule is CCOC(=O)C(CC)Oc1c(CC(C)N)cccc1OC. The molecule has 5 nitrogen and oxygen atoms in total. The molecule has 0 fully saturated rings. The lowest BCUT2D eigenvalue weighted by Gasteiger charge is -2.21. The molecule has 0 aliphatic carbocycles. The minimum absolute atomic E-state index is 0.0119. The second-order valence-electron chi connectivity index (χ2n) is 4.90. The number of carbonyl (C=O) groups excluding carboxylic acids is 1. The summed E-state index contributed by atoms with van der Waals surface area (Å²) in [7, 11) is 1.57. The van der Waals surface area contributed by atoms with E-state index in [1.807, 2.05) is 26.0 Å². The van der Waals surface area contributed by atoms with Crippen LogP contribution < -0.4 is 15.2 Å². The summed E-state index contributed by atoms with van der Waals surface area (Å²) in [6.45, 7) is 5.90. The van der Waals surface area contributed by atoms with Crippen molar-refractivity contribution in [1.29, 1.82) is 0 Å². The summed E-state index contributed by atoms with van der Waals surface area (Å²) in [6, 6.07) is 5.60. The van der Waals surface area contributed by atoms with Gasteiger partial charge in [0.2, 0.25) is 0 Å². The molecule has 2 atom stereocenters. The fourth-order valence-electron chi connectivity index (χ4n) is 2.04. The predicted octanol–water partition coefficient (Wildman–Crippen LogP) is 2.31. The first-order chi connectivity index (χ1) is 10.0. The molecule has 0 heterocycles. The Balaban J connectivity index is 3.05. The van der Waals surface area contributed by atoms with Crippen molar-refractivity contribution in [2.45, 2.75) is 45.8 Å². The highest BCUT2D eigenvalue weighted by Crippen LogP contribution is 2.33. The van der Waals surface area contributed by atoms with Crippen LogP contribution >= 0.6 is 0 Å². The van der Waals surface area contributed by atoms with E-state index < -0.39 is 6.10 Å². The number of methoxy groups -OCH3 is 1. The molecule has 1 aromatic rings. The standard InChI is InChI=1S/C16H25NO4/c1-5-13(16(18)20-6-2)21-15-12(10-11(3)17)8-7-9-14(15)19-4/h7-9,11,13H,5-6,10,17H2,1-4H3. The Kier molecular flexibility index (Phi) is 7.02. The molecule has 2 N–H and O–H groups in total. The first-order valence-electron chi connectivity index (χ1n) is 7.28. The van der Waals surface area contributed by atoms with Gasteiger partial charge in [0.25, 0.3) is 0 Å². The first-order valence-corrected chi connectivity index (χ1v) is 7.28. The third kappa shape index (κ3) is 4.93. The Morgan fingerprint density at radius 3 is 2.57 bits per heavy atom. The number of rotatable bonds is 8. The van der Waals surface area contributed by atoms with Crippen molar-refractivity contribution in [2.24, 2.45) is 5.73 Å². The molecular weight excluding hydrogens is 270 g/mol. The molecule has 0 aliphatic rings. The van der Waals surface area contributed by atoms with Gasteiger partial charge in [-0.15, -0.1) is 0 Å². The predicted molar refractivity (Wildman–Crippen MR) is 81.7 cm³/mol. The molecule has 5 heteroatoms. The van der Waals surface area contributed by atoms with Gasteiger partial charge in [-0.25, -0.2) is 4.79 Å². The van der Waals surface area contributed by atoms with Gasteiger partial charge in [-0.2, -0.15) is 0 Å². The van der Waals surface area contributed by atoms with Crippen molar-refractivity contribution in [3.05, 3.63) is 23.8 Å². The van der Waals surface area contributed by atoms with Crippen molar-refractivity contribution in [3.8, 4) is 11.5 Å². The van der Waals surface area contributed by atoms with Crippen LogP contribution in [-0.2, 0) is 16.0 Å². The van der Waals surface area contributed by atoms with Gasteiger partial charge in [-0.3, -0.25) is 0 Å². The lowest BCUT2D eigenvalue weighted by molar-refractivity contribution is -0.151. The third-order valence-electron chi connectivity index (χ3n) is 3.00. The van der Waals surface area contributed by atoms with E-state index >= 15 is 0 Å².